The number of anilines is 2. The Morgan fingerprint density at radius 1 is 0.722 bits per heavy atom. The molecule has 416 valence electrons. The number of fused-ring (bicyclic) bond motifs is 4. The zero-order valence-electron chi connectivity index (χ0n) is 45.3. The average molecular weight is 1110 g/mol. The van der Waals surface area contributed by atoms with Crippen molar-refractivity contribution >= 4 is 87.2 Å². The Morgan fingerprint density at radius 2 is 1.46 bits per heavy atom. The molecule has 0 saturated carbocycles. The van der Waals surface area contributed by atoms with Crippen molar-refractivity contribution in [2.45, 2.75) is 58.0 Å². The third-order valence-electron chi connectivity index (χ3n) is 14.2. The van der Waals surface area contributed by atoms with Gasteiger partial charge in [0.2, 0.25) is 24.0 Å². The predicted octanol–water partition coefficient (Wildman–Crippen LogP) is 10.1. The first kappa shape index (κ1) is 57.2. The van der Waals surface area contributed by atoms with E-state index >= 15 is 0 Å². The fourth-order valence-electron chi connectivity index (χ4n) is 9.87. The Hall–Kier alpha value is -6.50. The van der Waals surface area contributed by atoms with Gasteiger partial charge in [-0.25, -0.2) is 4.99 Å². The minimum atomic E-state index is 0.000986. The number of aliphatic imine (C=N–C) groups is 1. The smallest absolute Gasteiger partial charge is 0.229 e. The van der Waals surface area contributed by atoms with Crippen LogP contribution in [-0.2, 0) is 40.0 Å². The molecule has 15 nitrogen and oxygen atoms in total. The number of hydrogen-bond acceptors (Lipinski definition) is 13. The van der Waals surface area contributed by atoms with Gasteiger partial charge in [0.25, 0.3) is 0 Å². The predicted molar refractivity (Wildman–Crippen MR) is 315 cm³/mol. The molecule has 1 saturated heterocycles. The lowest BCUT2D eigenvalue weighted by Crippen LogP contribution is -2.47. The second-order valence-electron chi connectivity index (χ2n) is 20.0. The third-order valence-corrected chi connectivity index (χ3v) is 15.3. The molecule has 9 rings (SSSR count). The second kappa shape index (κ2) is 29.6. The van der Waals surface area contributed by atoms with E-state index < -0.39 is 0 Å². The van der Waals surface area contributed by atoms with Gasteiger partial charge < -0.3 is 43.7 Å². The number of nitrogens with zero attached hydrogens (tertiary/aromatic N) is 6. The summed E-state index contributed by atoms with van der Waals surface area (Å²) >= 11 is 8.22. The van der Waals surface area contributed by atoms with E-state index in [9.17, 15) is 14.4 Å². The number of carbonyl (C=O) groups is 3. The highest BCUT2D eigenvalue weighted by atomic mass is 35.5. The molecule has 4 aliphatic rings. The Labute approximate surface area is 473 Å². The minimum Gasteiger partial charge on any atom is -0.486 e. The molecule has 4 aliphatic heterocycles. The van der Waals surface area contributed by atoms with Crippen LogP contribution in [0, 0.1) is 0 Å². The number of para-hydroxylation sites is 1. The van der Waals surface area contributed by atoms with Crippen LogP contribution in [0.1, 0.15) is 78.8 Å². The zero-order valence-corrected chi connectivity index (χ0v) is 46.9. The van der Waals surface area contributed by atoms with Crippen LogP contribution in [0.25, 0.3) is 18.2 Å². The molecule has 0 atom stereocenters. The van der Waals surface area contributed by atoms with Crippen molar-refractivity contribution in [3.63, 3.8) is 0 Å². The van der Waals surface area contributed by atoms with Gasteiger partial charge in [0.05, 0.1) is 80.4 Å². The number of thiophene rings is 1. The number of benzene rings is 3. The van der Waals surface area contributed by atoms with Crippen molar-refractivity contribution in [1.82, 2.24) is 19.7 Å². The molecule has 0 spiro atoms. The number of ketones is 2. The first-order chi connectivity index (χ1) is 38.8. The molecule has 5 aromatic rings. The van der Waals surface area contributed by atoms with Crippen molar-refractivity contribution in [3.05, 3.63) is 147 Å². The molecule has 1 amide bonds. The summed E-state index contributed by atoms with van der Waals surface area (Å²) in [5, 5.41) is 5.63. The SMILES string of the molecule is CN1CCN(C2=Nc3cc(Cl)ccc3N(CC(=O)CCCOCCOCCOCCOCCNC(=O)CCCCCCC(=O)COc3ccc(/C=C/c4ccc5n4C[N+]4=C(c6cccs6)C=CC4=C5)cc3)c3ccccc32)CC1. The normalized spacial score (nSPS) is 14.9. The standard InChI is InChI=1S/C62H72ClN7O8S/c1-66-29-31-67(32-30-66)62-55-12-6-7-13-57(55)68(58-26-19-48(63)42-56(58)65-62)44-52(71)11-8-33-74-35-37-76-39-40-77-38-36-75-34-28-64-61(73)15-5-3-2-4-10-53(72)45-78-54-24-17-47(18-25-54)16-20-49-21-22-50-43-51-23-27-59(60-14-9-41-79-60)70(51)46-69(49)50/h6-7,9,12-14,16-27,41-43H,2-5,8,10-11,15,28-40,44-46H2,1H3/p+1/b20-16+. The Bertz CT molecular complexity index is 2990. The van der Waals surface area contributed by atoms with Gasteiger partial charge in [-0.1, -0.05) is 60.9 Å². The molecule has 6 heterocycles. The minimum absolute atomic E-state index is 0.000986. The summed E-state index contributed by atoms with van der Waals surface area (Å²) in [4.78, 5) is 51.4. The lowest BCUT2D eigenvalue weighted by Gasteiger charge is -2.35. The van der Waals surface area contributed by atoms with Crippen LogP contribution in [0.3, 0.4) is 0 Å². The van der Waals surface area contributed by atoms with E-state index in [1.54, 1.807) is 11.3 Å². The Kier molecular flexibility index (Phi) is 21.5. The van der Waals surface area contributed by atoms with Crippen LogP contribution in [0.15, 0.2) is 119 Å². The van der Waals surface area contributed by atoms with E-state index in [0.29, 0.717) is 95.9 Å². The van der Waals surface area contributed by atoms with E-state index in [2.05, 4.69) is 108 Å². The van der Waals surface area contributed by atoms with Gasteiger partial charge in [-0.05, 0) is 104 Å². The lowest BCUT2D eigenvalue weighted by atomic mass is 10.1. The van der Waals surface area contributed by atoms with Crippen molar-refractivity contribution in [2.75, 3.05) is 111 Å². The first-order valence-corrected chi connectivity index (χ1v) is 29.0. The Balaban J connectivity index is 0.537. The molecule has 0 radical (unpaired) electrons. The molecular weight excluding hydrogens is 1040 g/mol. The van der Waals surface area contributed by atoms with Gasteiger partial charge in [0.1, 0.15) is 18.2 Å². The number of Topliss-reactive ketones (excluding diaryl/α,β-unsaturated/α-hetero) is 2. The number of hydrogen-bond donors (Lipinski definition) is 1. The van der Waals surface area contributed by atoms with Crippen LogP contribution >= 0.6 is 22.9 Å². The molecule has 1 fully saturated rings. The maximum Gasteiger partial charge on any atom is 0.229 e. The molecule has 79 heavy (non-hydrogen) atoms. The summed E-state index contributed by atoms with van der Waals surface area (Å²) in [5.74, 6) is 1.77. The van der Waals surface area contributed by atoms with Crippen LogP contribution < -0.4 is 15.0 Å². The molecule has 0 unspecified atom stereocenters. The number of aromatic nitrogens is 1. The molecule has 0 bridgehead atoms. The van der Waals surface area contributed by atoms with E-state index in [1.165, 1.54) is 22.0 Å². The zero-order chi connectivity index (χ0) is 54.6. The van der Waals surface area contributed by atoms with Crippen LogP contribution in [-0.4, -0.2) is 154 Å². The van der Waals surface area contributed by atoms with E-state index in [4.69, 9.17) is 40.3 Å². The van der Waals surface area contributed by atoms with Gasteiger partial charge >= 0.3 is 0 Å². The number of nitrogens with one attached hydrogen (secondary N) is 1. The fraction of sp³-hybridized carbons (Fsp3) is 0.403. The van der Waals surface area contributed by atoms with Crippen molar-refractivity contribution in [2.24, 2.45) is 4.99 Å². The summed E-state index contributed by atoms with van der Waals surface area (Å²) in [6, 6.07) is 30.3. The van der Waals surface area contributed by atoms with Gasteiger partial charge in [0.15, 0.2) is 11.6 Å². The summed E-state index contributed by atoms with van der Waals surface area (Å²) < 4.78 is 33.1. The maximum absolute atomic E-state index is 13.4. The largest absolute Gasteiger partial charge is 0.486 e. The van der Waals surface area contributed by atoms with Gasteiger partial charge in [-0.15, -0.1) is 11.3 Å². The van der Waals surface area contributed by atoms with Crippen LogP contribution in [0.5, 0.6) is 5.75 Å². The van der Waals surface area contributed by atoms with Gasteiger partial charge in [-0.3, -0.25) is 19.0 Å². The highest BCUT2D eigenvalue weighted by Crippen LogP contribution is 2.41. The quantitative estimate of drug-likeness (QED) is 0.0335. The summed E-state index contributed by atoms with van der Waals surface area (Å²) in [5.41, 5.74) is 9.41. The molecule has 0 aliphatic carbocycles. The van der Waals surface area contributed by atoms with E-state index in [-0.39, 0.29) is 30.6 Å². The van der Waals surface area contributed by atoms with Crippen molar-refractivity contribution in [3.8, 4) is 5.75 Å². The maximum atomic E-state index is 13.4. The number of amidine groups is 1. The van der Waals surface area contributed by atoms with E-state index in [0.717, 1.165) is 98.2 Å². The number of likely N-dealkylation sites (N-methyl/N-ethyl adjacent to an activating group) is 1. The molecule has 17 heteroatoms. The Morgan fingerprint density at radius 3 is 2.23 bits per heavy atom. The molecule has 3 aromatic carbocycles. The average Bonchev–Trinajstić information content (AvgIpc) is 4.38. The fourth-order valence-corrected chi connectivity index (χ4v) is 10.8. The summed E-state index contributed by atoms with van der Waals surface area (Å²) in [6.45, 7) is 8.60. The van der Waals surface area contributed by atoms with E-state index in [1.807, 2.05) is 54.6 Å². The molecule has 2 aromatic heterocycles. The number of allylic oxidation sites excluding steroid dienone is 2. The number of rotatable bonds is 31. The highest BCUT2D eigenvalue weighted by Gasteiger charge is 2.31. The number of amides is 1. The topological polar surface area (TPSA) is 139 Å². The monoisotopic (exact) mass is 1110 g/mol. The number of ether oxygens (including phenoxy) is 5. The molecule has 1 N–H and O–H groups in total. The van der Waals surface area contributed by atoms with Crippen molar-refractivity contribution < 1.29 is 42.6 Å². The van der Waals surface area contributed by atoms with Gasteiger partial charge in [0, 0.05) is 93.1 Å². The highest BCUT2D eigenvalue weighted by molar-refractivity contribution is 7.12. The summed E-state index contributed by atoms with van der Waals surface area (Å²) in [7, 11) is 2.14. The molecular formula is C62H73ClN7O8S+. The third kappa shape index (κ3) is 16.5. The summed E-state index contributed by atoms with van der Waals surface area (Å²) in [6.07, 6.45) is 16.1. The van der Waals surface area contributed by atoms with Crippen LogP contribution in [0.2, 0.25) is 5.02 Å². The number of halogens is 1. The van der Waals surface area contributed by atoms with Crippen LogP contribution in [0.4, 0.5) is 17.1 Å². The van der Waals surface area contributed by atoms with Gasteiger partial charge in [-0.2, -0.15) is 4.58 Å². The second-order valence-corrected chi connectivity index (χ2v) is 21.4. The number of unbranched alkanes of at least 4 members (excludes halogenated alkanes) is 3. The first-order valence-electron chi connectivity index (χ1n) is 27.7. The lowest BCUT2D eigenvalue weighted by molar-refractivity contribution is -0.503. The van der Waals surface area contributed by atoms with Crippen molar-refractivity contribution in [1.29, 1.82) is 0 Å². The number of piperazine rings is 1. The number of carbonyl (C=O) groups excluding carboxylic acids is 3.